The third-order valence-electron chi connectivity index (χ3n) is 2.65. The molecule has 2 N–H and O–H groups in total. The van der Waals surface area contributed by atoms with Crippen molar-refractivity contribution in [1.29, 1.82) is 0 Å². The summed E-state index contributed by atoms with van der Waals surface area (Å²) >= 11 is 0. The Morgan fingerprint density at radius 1 is 1.00 bits per heavy atom. The standard InChI is InChI=1S/C13H9FN2/c14-9-5-4-8-6-10-11(15)2-1-3-12(10)16-13(8)7-9/h1-7H,15H2. The predicted molar refractivity (Wildman–Crippen MR) is 63.6 cm³/mol. The lowest BCUT2D eigenvalue weighted by atomic mass is 10.1. The number of halogens is 1. The summed E-state index contributed by atoms with van der Waals surface area (Å²) < 4.78 is 13.1. The molecule has 1 heterocycles. The summed E-state index contributed by atoms with van der Waals surface area (Å²) in [7, 11) is 0. The Balaban J connectivity index is 2.49. The fourth-order valence-electron chi connectivity index (χ4n) is 1.85. The SMILES string of the molecule is Nc1cccc2nc3cc(F)ccc3cc12. The van der Waals surface area contributed by atoms with Crippen molar-refractivity contribution in [3.63, 3.8) is 0 Å². The van der Waals surface area contributed by atoms with Crippen molar-refractivity contribution in [2.24, 2.45) is 0 Å². The van der Waals surface area contributed by atoms with Gasteiger partial charge in [0.1, 0.15) is 5.82 Å². The highest BCUT2D eigenvalue weighted by Crippen LogP contribution is 2.24. The van der Waals surface area contributed by atoms with Crippen molar-refractivity contribution in [3.8, 4) is 0 Å². The molecule has 3 rings (SSSR count). The van der Waals surface area contributed by atoms with E-state index < -0.39 is 0 Å². The van der Waals surface area contributed by atoms with Crippen molar-refractivity contribution in [3.05, 3.63) is 48.3 Å². The van der Waals surface area contributed by atoms with E-state index in [1.807, 2.05) is 24.3 Å². The maximum absolute atomic E-state index is 13.1. The molecule has 2 aromatic carbocycles. The molecule has 0 fully saturated rings. The van der Waals surface area contributed by atoms with Crippen LogP contribution in [0.4, 0.5) is 10.1 Å². The molecule has 0 radical (unpaired) electrons. The Bertz CT molecular complexity index is 691. The lowest BCUT2D eigenvalue weighted by Crippen LogP contribution is -1.89. The number of anilines is 1. The minimum absolute atomic E-state index is 0.275. The van der Waals surface area contributed by atoms with Gasteiger partial charge in [-0.2, -0.15) is 0 Å². The summed E-state index contributed by atoms with van der Waals surface area (Å²) in [5.74, 6) is -0.275. The van der Waals surface area contributed by atoms with E-state index in [9.17, 15) is 4.39 Å². The zero-order chi connectivity index (χ0) is 11.1. The van der Waals surface area contributed by atoms with Crippen LogP contribution in [0.15, 0.2) is 42.5 Å². The van der Waals surface area contributed by atoms with E-state index >= 15 is 0 Å². The third-order valence-corrected chi connectivity index (χ3v) is 2.65. The molecule has 0 amide bonds. The molecular formula is C13H9FN2. The molecule has 0 aliphatic rings. The van der Waals surface area contributed by atoms with Gasteiger partial charge in [0, 0.05) is 22.5 Å². The topological polar surface area (TPSA) is 38.9 Å². The van der Waals surface area contributed by atoms with E-state index in [1.165, 1.54) is 12.1 Å². The summed E-state index contributed by atoms with van der Waals surface area (Å²) in [6.07, 6.45) is 0. The molecule has 0 aliphatic carbocycles. The Morgan fingerprint density at radius 3 is 2.75 bits per heavy atom. The van der Waals surface area contributed by atoms with Gasteiger partial charge < -0.3 is 5.73 Å². The maximum Gasteiger partial charge on any atom is 0.125 e. The van der Waals surface area contributed by atoms with Crippen LogP contribution in [0.25, 0.3) is 21.8 Å². The summed E-state index contributed by atoms with van der Waals surface area (Å²) in [4.78, 5) is 4.38. The van der Waals surface area contributed by atoms with Crippen molar-refractivity contribution >= 4 is 27.5 Å². The van der Waals surface area contributed by atoms with Crippen molar-refractivity contribution in [2.75, 3.05) is 5.73 Å². The number of aromatic nitrogens is 1. The van der Waals surface area contributed by atoms with Gasteiger partial charge >= 0.3 is 0 Å². The molecular weight excluding hydrogens is 203 g/mol. The number of hydrogen-bond donors (Lipinski definition) is 1. The minimum atomic E-state index is -0.275. The molecule has 3 heteroatoms. The Hall–Kier alpha value is -2.16. The van der Waals surface area contributed by atoms with Crippen molar-refractivity contribution in [2.45, 2.75) is 0 Å². The first-order valence-electron chi connectivity index (χ1n) is 4.98. The van der Waals surface area contributed by atoms with E-state index in [-0.39, 0.29) is 5.82 Å². The van der Waals surface area contributed by atoms with E-state index in [0.29, 0.717) is 11.2 Å². The van der Waals surface area contributed by atoms with Gasteiger partial charge in [-0.3, -0.25) is 0 Å². The minimum Gasteiger partial charge on any atom is -0.398 e. The van der Waals surface area contributed by atoms with Crippen LogP contribution in [0.1, 0.15) is 0 Å². The Kier molecular flexibility index (Phi) is 1.80. The number of fused-ring (bicyclic) bond motifs is 2. The summed E-state index contributed by atoms with van der Waals surface area (Å²) in [6, 6.07) is 12.0. The zero-order valence-electron chi connectivity index (χ0n) is 8.44. The quantitative estimate of drug-likeness (QED) is 0.459. The molecule has 2 nitrogen and oxygen atoms in total. The number of nitrogens with zero attached hydrogens (tertiary/aromatic N) is 1. The Labute approximate surface area is 91.5 Å². The third kappa shape index (κ3) is 1.29. The highest BCUT2D eigenvalue weighted by atomic mass is 19.1. The van der Waals surface area contributed by atoms with Gasteiger partial charge in [-0.05, 0) is 30.3 Å². The molecule has 0 aliphatic heterocycles. The molecule has 0 unspecified atom stereocenters. The van der Waals surface area contributed by atoms with Crippen LogP contribution in [0, 0.1) is 5.82 Å². The summed E-state index contributed by atoms with van der Waals surface area (Å²) in [5.41, 5.74) is 7.99. The van der Waals surface area contributed by atoms with Crippen molar-refractivity contribution in [1.82, 2.24) is 4.98 Å². The monoisotopic (exact) mass is 212 g/mol. The zero-order valence-corrected chi connectivity index (χ0v) is 8.44. The Morgan fingerprint density at radius 2 is 1.88 bits per heavy atom. The van der Waals surface area contributed by atoms with Gasteiger partial charge in [0.15, 0.2) is 0 Å². The van der Waals surface area contributed by atoms with E-state index in [0.717, 1.165) is 16.3 Å². The van der Waals surface area contributed by atoms with Gasteiger partial charge in [0.2, 0.25) is 0 Å². The first-order valence-corrected chi connectivity index (χ1v) is 4.98. The molecule has 3 aromatic rings. The van der Waals surface area contributed by atoms with E-state index in [4.69, 9.17) is 5.73 Å². The molecule has 0 saturated heterocycles. The summed E-state index contributed by atoms with van der Waals surface area (Å²) in [5, 5.41) is 1.80. The van der Waals surface area contributed by atoms with Crippen LogP contribution < -0.4 is 5.73 Å². The maximum atomic E-state index is 13.1. The number of rotatable bonds is 0. The van der Waals surface area contributed by atoms with E-state index in [2.05, 4.69) is 4.98 Å². The molecule has 0 bridgehead atoms. The number of hydrogen-bond acceptors (Lipinski definition) is 2. The number of nitrogen functional groups attached to an aromatic ring is 1. The number of benzene rings is 2. The van der Waals surface area contributed by atoms with Crippen molar-refractivity contribution < 1.29 is 4.39 Å². The second-order valence-corrected chi connectivity index (χ2v) is 3.74. The average molecular weight is 212 g/mol. The van der Waals surface area contributed by atoms with Gasteiger partial charge in [0.25, 0.3) is 0 Å². The second kappa shape index (κ2) is 3.17. The van der Waals surface area contributed by atoms with Crippen LogP contribution in [0.5, 0.6) is 0 Å². The predicted octanol–water partition coefficient (Wildman–Crippen LogP) is 3.11. The van der Waals surface area contributed by atoms with Crippen LogP contribution in [-0.2, 0) is 0 Å². The van der Waals surface area contributed by atoms with Crippen LogP contribution in [-0.4, -0.2) is 4.98 Å². The highest BCUT2D eigenvalue weighted by Gasteiger charge is 2.02. The first kappa shape index (κ1) is 9.09. The van der Waals surface area contributed by atoms with Gasteiger partial charge in [-0.1, -0.05) is 6.07 Å². The lowest BCUT2D eigenvalue weighted by molar-refractivity contribution is 0.629. The molecule has 16 heavy (non-hydrogen) atoms. The first-order chi connectivity index (χ1) is 7.74. The van der Waals surface area contributed by atoms with Crippen LogP contribution in [0.3, 0.4) is 0 Å². The fourth-order valence-corrected chi connectivity index (χ4v) is 1.85. The molecule has 0 atom stereocenters. The van der Waals surface area contributed by atoms with E-state index in [1.54, 1.807) is 6.07 Å². The average Bonchev–Trinajstić information content (AvgIpc) is 2.27. The molecule has 1 aromatic heterocycles. The second-order valence-electron chi connectivity index (χ2n) is 3.74. The number of pyridine rings is 1. The van der Waals surface area contributed by atoms with Crippen LogP contribution >= 0.6 is 0 Å². The highest BCUT2D eigenvalue weighted by molar-refractivity contribution is 5.98. The largest absolute Gasteiger partial charge is 0.398 e. The van der Waals surface area contributed by atoms with Gasteiger partial charge in [-0.25, -0.2) is 9.37 Å². The molecule has 78 valence electrons. The summed E-state index contributed by atoms with van der Waals surface area (Å²) in [6.45, 7) is 0. The fraction of sp³-hybridized carbons (Fsp3) is 0. The lowest BCUT2D eigenvalue weighted by Gasteiger charge is -2.03. The molecule has 0 spiro atoms. The molecule has 0 saturated carbocycles. The van der Waals surface area contributed by atoms with Gasteiger partial charge in [-0.15, -0.1) is 0 Å². The van der Waals surface area contributed by atoms with Gasteiger partial charge in [0.05, 0.1) is 11.0 Å². The normalized spacial score (nSPS) is 11.1. The smallest absolute Gasteiger partial charge is 0.125 e. The van der Waals surface area contributed by atoms with Crippen LogP contribution in [0.2, 0.25) is 0 Å². The number of nitrogens with two attached hydrogens (primary N) is 1.